The number of nitrogens with zero attached hydrogens (tertiary/aromatic N) is 2. The van der Waals surface area contributed by atoms with E-state index in [4.69, 9.17) is 18.9 Å². The summed E-state index contributed by atoms with van der Waals surface area (Å²) in [5, 5.41) is 6.10. The van der Waals surface area contributed by atoms with Crippen LogP contribution >= 0.6 is 0 Å². The van der Waals surface area contributed by atoms with Gasteiger partial charge in [0.05, 0.1) is 31.4 Å². The standard InChI is InChI=1S/C48H64N4O6/c1-8-51(9-2)28-18-30-55-35-26-27-42(45(32-35)56-31-19-29-52(10-3)11-4)49-46(53)33-43(40-24-16-17-25-44(40)58-48(5,6)7)50-47(54)57-34-41-38-22-14-12-20-36(38)37-21-13-15-23-39(37)41/h12-17,20-27,32,41,43H,8-11,18-19,28-31,33-34H2,1-7H3,(H,49,53)(H,50,54). The van der Waals surface area contributed by atoms with Crippen LogP contribution in [-0.4, -0.2) is 86.5 Å². The van der Waals surface area contributed by atoms with Gasteiger partial charge in [-0.2, -0.15) is 0 Å². The Balaban J connectivity index is 1.32. The molecule has 1 unspecified atom stereocenters. The number of benzene rings is 4. The molecule has 0 aliphatic heterocycles. The third kappa shape index (κ3) is 12.5. The zero-order valence-corrected chi connectivity index (χ0v) is 35.6. The summed E-state index contributed by atoms with van der Waals surface area (Å²) in [7, 11) is 0. The molecule has 312 valence electrons. The lowest BCUT2D eigenvalue weighted by atomic mass is 9.98. The molecule has 0 saturated carbocycles. The van der Waals surface area contributed by atoms with Gasteiger partial charge in [0.25, 0.3) is 0 Å². The molecular weight excluding hydrogens is 729 g/mol. The van der Waals surface area contributed by atoms with Gasteiger partial charge in [-0.3, -0.25) is 4.79 Å². The van der Waals surface area contributed by atoms with E-state index in [1.807, 2.05) is 87.5 Å². The number of ether oxygens (including phenoxy) is 4. The van der Waals surface area contributed by atoms with E-state index < -0.39 is 17.7 Å². The molecule has 0 radical (unpaired) electrons. The second-order valence-electron chi connectivity index (χ2n) is 15.6. The molecule has 1 aliphatic rings. The number of rotatable bonds is 22. The van der Waals surface area contributed by atoms with E-state index in [0.717, 1.165) is 74.4 Å². The van der Waals surface area contributed by atoms with Crippen molar-refractivity contribution < 1.29 is 28.5 Å². The van der Waals surface area contributed by atoms with Gasteiger partial charge in [-0.05, 0) is 100 Å². The highest BCUT2D eigenvalue weighted by molar-refractivity contribution is 5.93. The minimum absolute atomic E-state index is 0.0836. The Bertz CT molecular complexity index is 1870. The maximum atomic E-state index is 14.0. The molecule has 10 heteroatoms. The van der Waals surface area contributed by atoms with Crippen molar-refractivity contribution in [3.8, 4) is 28.4 Å². The molecule has 4 aromatic rings. The van der Waals surface area contributed by atoms with Gasteiger partial charge in [0, 0.05) is 30.6 Å². The molecule has 5 rings (SSSR count). The summed E-state index contributed by atoms with van der Waals surface area (Å²) in [5.41, 5.74) is 5.23. The quantitative estimate of drug-likeness (QED) is 0.0760. The number of hydrogen-bond acceptors (Lipinski definition) is 8. The number of carbonyl (C=O) groups excluding carboxylic acids is 2. The van der Waals surface area contributed by atoms with E-state index in [0.29, 0.717) is 41.7 Å². The second-order valence-corrected chi connectivity index (χ2v) is 15.6. The smallest absolute Gasteiger partial charge is 0.407 e. The van der Waals surface area contributed by atoms with Crippen LogP contribution < -0.4 is 24.8 Å². The van der Waals surface area contributed by atoms with E-state index in [1.165, 1.54) is 0 Å². The molecule has 0 aromatic heterocycles. The van der Waals surface area contributed by atoms with Crippen molar-refractivity contribution in [3.63, 3.8) is 0 Å². The minimum Gasteiger partial charge on any atom is -0.493 e. The lowest BCUT2D eigenvalue weighted by Gasteiger charge is -2.27. The highest BCUT2D eigenvalue weighted by atomic mass is 16.5. The predicted octanol–water partition coefficient (Wildman–Crippen LogP) is 9.69. The first kappa shape index (κ1) is 44.1. The molecule has 0 saturated heterocycles. The Labute approximate surface area is 346 Å². The van der Waals surface area contributed by atoms with Gasteiger partial charge in [0.1, 0.15) is 29.5 Å². The lowest BCUT2D eigenvalue weighted by Crippen LogP contribution is -2.34. The van der Waals surface area contributed by atoms with Crippen LogP contribution in [0.15, 0.2) is 91.0 Å². The number of para-hydroxylation sites is 1. The van der Waals surface area contributed by atoms with Crippen LogP contribution in [-0.2, 0) is 9.53 Å². The number of hydrogen-bond donors (Lipinski definition) is 2. The first-order valence-electron chi connectivity index (χ1n) is 21.1. The molecule has 1 aliphatic carbocycles. The zero-order valence-electron chi connectivity index (χ0n) is 35.6. The van der Waals surface area contributed by atoms with Gasteiger partial charge in [-0.1, -0.05) is 94.4 Å². The zero-order chi connectivity index (χ0) is 41.5. The molecule has 2 N–H and O–H groups in total. The first-order valence-corrected chi connectivity index (χ1v) is 21.1. The molecule has 10 nitrogen and oxygen atoms in total. The van der Waals surface area contributed by atoms with Gasteiger partial charge >= 0.3 is 6.09 Å². The van der Waals surface area contributed by atoms with Gasteiger partial charge in [-0.25, -0.2) is 4.79 Å². The van der Waals surface area contributed by atoms with Crippen molar-refractivity contribution in [2.24, 2.45) is 0 Å². The van der Waals surface area contributed by atoms with E-state index >= 15 is 0 Å². The van der Waals surface area contributed by atoms with Gasteiger partial charge < -0.3 is 39.4 Å². The average molecular weight is 793 g/mol. The number of carbonyl (C=O) groups is 2. The van der Waals surface area contributed by atoms with Crippen molar-refractivity contribution in [1.82, 2.24) is 15.1 Å². The van der Waals surface area contributed by atoms with Crippen molar-refractivity contribution in [3.05, 3.63) is 108 Å². The molecule has 0 bridgehead atoms. The van der Waals surface area contributed by atoms with Crippen LogP contribution in [0.2, 0.25) is 0 Å². The molecule has 2 amide bonds. The molecule has 0 spiro atoms. The van der Waals surface area contributed by atoms with Crippen molar-refractivity contribution in [1.29, 1.82) is 0 Å². The lowest BCUT2D eigenvalue weighted by molar-refractivity contribution is -0.116. The summed E-state index contributed by atoms with van der Waals surface area (Å²) >= 11 is 0. The van der Waals surface area contributed by atoms with Gasteiger partial charge in [-0.15, -0.1) is 0 Å². The Hall–Kier alpha value is -5.06. The van der Waals surface area contributed by atoms with E-state index in [1.54, 1.807) is 0 Å². The van der Waals surface area contributed by atoms with Crippen molar-refractivity contribution in [2.45, 2.75) is 85.3 Å². The Morgan fingerprint density at radius 3 is 1.88 bits per heavy atom. The largest absolute Gasteiger partial charge is 0.493 e. The Kier molecular flexibility index (Phi) is 16.4. The maximum Gasteiger partial charge on any atom is 0.407 e. The molecule has 0 heterocycles. The third-order valence-corrected chi connectivity index (χ3v) is 10.5. The Morgan fingerprint density at radius 2 is 1.28 bits per heavy atom. The summed E-state index contributed by atoms with van der Waals surface area (Å²) in [5.74, 6) is 1.38. The summed E-state index contributed by atoms with van der Waals surface area (Å²) in [6, 6.07) is 28.7. The number of anilines is 1. The van der Waals surface area contributed by atoms with Gasteiger partial charge in [0.2, 0.25) is 5.91 Å². The summed E-state index contributed by atoms with van der Waals surface area (Å²) in [4.78, 5) is 32.5. The number of fused-ring (bicyclic) bond motifs is 3. The summed E-state index contributed by atoms with van der Waals surface area (Å²) in [6.45, 7) is 21.6. The van der Waals surface area contributed by atoms with Crippen LogP contribution in [0.25, 0.3) is 11.1 Å². The van der Waals surface area contributed by atoms with Crippen LogP contribution in [0.3, 0.4) is 0 Å². The minimum atomic E-state index is -0.763. The molecule has 1 atom stereocenters. The first-order chi connectivity index (χ1) is 28.0. The van der Waals surface area contributed by atoms with Crippen LogP contribution in [0.4, 0.5) is 10.5 Å². The van der Waals surface area contributed by atoms with E-state index in [9.17, 15) is 9.59 Å². The molecule has 4 aromatic carbocycles. The van der Waals surface area contributed by atoms with E-state index in [-0.39, 0.29) is 24.9 Å². The second kappa shape index (κ2) is 21.6. The highest BCUT2D eigenvalue weighted by Crippen LogP contribution is 2.44. The molecule has 0 fully saturated rings. The third-order valence-electron chi connectivity index (χ3n) is 10.5. The average Bonchev–Trinajstić information content (AvgIpc) is 3.53. The van der Waals surface area contributed by atoms with Gasteiger partial charge in [0.15, 0.2) is 0 Å². The summed E-state index contributed by atoms with van der Waals surface area (Å²) < 4.78 is 24.7. The van der Waals surface area contributed by atoms with Crippen molar-refractivity contribution >= 4 is 17.7 Å². The fourth-order valence-electron chi connectivity index (χ4n) is 7.44. The molecule has 58 heavy (non-hydrogen) atoms. The predicted molar refractivity (Wildman–Crippen MR) is 233 cm³/mol. The fourth-order valence-corrected chi connectivity index (χ4v) is 7.44. The highest BCUT2D eigenvalue weighted by Gasteiger charge is 2.30. The Morgan fingerprint density at radius 1 is 0.707 bits per heavy atom. The van der Waals surface area contributed by atoms with E-state index in [2.05, 4.69) is 72.4 Å². The fraction of sp³-hybridized carbons (Fsp3) is 0.458. The van der Waals surface area contributed by atoms with Crippen molar-refractivity contribution in [2.75, 3.05) is 64.4 Å². The topological polar surface area (TPSA) is 102 Å². The van der Waals surface area contributed by atoms with Crippen LogP contribution in [0.1, 0.15) is 96.4 Å². The van der Waals surface area contributed by atoms with Crippen LogP contribution in [0.5, 0.6) is 17.2 Å². The monoisotopic (exact) mass is 792 g/mol. The number of alkyl carbamates (subject to hydrolysis) is 1. The molecular formula is C48H64N4O6. The van der Waals surface area contributed by atoms with Crippen LogP contribution in [0, 0.1) is 0 Å². The normalized spacial score (nSPS) is 12.8. The number of amides is 2. The number of nitrogens with one attached hydrogen (secondary N) is 2. The maximum absolute atomic E-state index is 14.0. The SMILES string of the molecule is CCN(CC)CCCOc1ccc(NC(=O)CC(NC(=O)OCC2c3ccccc3-c3ccccc32)c2ccccc2OC(C)(C)C)c(OCCCN(CC)CC)c1. The summed E-state index contributed by atoms with van der Waals surface area (Å²) in [6.07, 6.45) is 1.03.